The first-order valence-corrected chi connectivity index (χ1v) is 8.03. The van der Waals surface area contributed by atoms with Crippen molar-refractivity contribution in [1.29, 1.82) is 0 Å². The van der Waals surface area contributed by atoms with E-state index < -0.39 is 0 Å². The number of aliphatic hydroxyl groups is 1. The van der Waals surface area contributed by atoms with Gasteiger partial charge in [0.15, 0.2) is 10.8 Å². The van der Waals surface area contributed by atoms with Crippen LogP contribution in [0.15, 0.2) is 42.7 Å². The number of carbonyl (C=O) groups excluding carboxylic acids is 1. The van der Waals surface area contributed by atoms with Gasteiger partial charge >= 0.3 is 0 Å². The summed E-state index contributed by atoms with van der Waals surface area (Å²) in [6, 6.07) is 8.79. The van der Waals surface area contributed by atoms with E-state index in [2.05, 4.69) is 15.4 Å². The monoisotopic (exact) mass is 348 g/mol. The Balaban J connectivity index is 1.71. The molecule has 0 unspecified atom stereocenters. The molecule has 0 atom stereocenters. The third-order valence-corrected chi connectivity index (χ3v) is 4.27. The van der Waals surface area contributed by atoms with E-state index in [9.17, 15) is 4.79 Å². The second-order valence-electron chi connectivity index (χ2n) is 4.68. The van der Waals surface area contributed by atoms with Crippen molar-refractivity contribution in [2.45, 2.75) is 6.42 Å². The lowest BCUT2D eigenvalue weighted by Crippen LogP contribution is -2.12. The van der Waals surface area contributed by atoms with Crippen molar-refractivity contribution in [2.75, 3.05) is 11.9 Å². The molecule has 0 fully saturated rings. The molecule has 1 amide bonds. The fraction of sp³-hybridized carbons (Fsp3) is 0.133. The minimum absolute atomic E-state index is 0.0566. The van der Waals surface area contributed by atoms with Crippen LogP contribution in [0.2, 0.25) is 5.02 Å². The minimum atomic E-state index is -0.331. The summed E-state index contributed by atoms with van der Waals surface area (Å²) in [5.74, 6) is -0.331. The average Bonchev–Trinajstić information content (AvgIpc) is 3.18. The lowest BCUT2D eigenvalue weighted by atomic mass is 10.3. The van der Waals surface area contributed by atoms with Crippen molar-refractivity contribution in [3.63, 3.8) is 0 Å². The Kier molecular flexibility index (Phi) is 4.71. The van der Waals surface area contributed by atoms with Crippen molar-refractivity contribution in [3.8, 4) is 5.69 Å². The topological polar surface area (TPSA) is 80.0 Å². The van der Waals surface area contributed by atoms with Crippen LogP contribution in [0, 0.1) is 0 Å². The van der Waals surface area contributed by atoms with Crippen LogP contribution < -0.4 is 5.32 Å². The number of benzene rings is 1. The van der Waals surface area contributed by atoms with Gasteiger partial charge in [-0.3, -0.25) is 10.1 Å². The smallest absolute Gasteiger partial charge is 0.277 e. The zero-order valence-corrected chi connectivity index (χ0v) is 13.5. The molecule has 6 nitrogen and oxygen atoms in total. The van der Waals surface area contributed by atoms with Crippen LogP contribution in [-0.4, -0.2) is 32.4 Å². The predicted octanol–water partition coefficient (Wildman–Crippen LogP) is 2.77. The minimum Gasteiger partial charge on any atom is -0.396 e. The third kappa shape index (κ3) is 3.76. The molecule has 0 radical (unpaired) electrons. The van der Waals surface area contributed by atoms with E-state index in [-0.39, 0.29) is 12.5 Å². The maximum absolute atomic E-state index is 12.2. The number of hydrogen-bond acceptors (Lipinski definition) is 5. The summed E-state index contributed by atoms with van der Waals surface area (Å²) >= 11 is 7.19. The SMILES string of the molecule is O=C(Nc1ncc(CCO)s1)c1ccn(-c2ccc(Cl)cc2)n1. The number of amides is 1. The van der Waals surface area contributed by atoms with Gasteiger partial charge in [-0.2, -0.15) is 5.10 Å². The fourth-order valence-corrected chi connectivity index (χ4v) is 2.86. The van der Waals surface area contributed by atoms with E-state index in [4.69, 9.17) is 16.7 Å². The molecular weight excluding hydrogens is 336 g/mol. The molecule has 0 aliphatic heterocycles. The van der Waals surface area contributed by atoms with Gasteiger partial charge in [-0.25, -0.2) is 9.67 Å². The maximum atomic E-state index is 12.2. The van der Waals surface area contributed by atoms with Crippen LogP contribution in [0.3, 0.4) is 0 Å². The second-order valence-corrected chi connectivity index (χ2v) is 6.23. The summed E-state index contributed by atoms with van der Waals surface area (Å²) in [6.45, 7) is 0.0566. The Morgan fingerprint density at radius 1 is 1.30 bits per heavy atom. The Bertz CT molecular complexity index is 813. The van der Waals surface area contributed by atoms with Gasteiger partial charge in [-0.1, -0.05) is 11.6 Å². The molecule has 2 N–H and O–H groups in total. The number of nitrogens with zero attached hydrogens (tertiary/aromatic N) is 3. The van der Waals surface area contributed by atoms with Crippen molar-refractivity contribution in [1.82, 2.24) is 14.8 Å². The lowest BCUT2D eigenvalue weighted by Gasteiger charge is -2.01. The van der Waals surface area contributed by atoms with Gasteiger partial charge in [-0.05, 0) is 30.3 Å². The Morgan fingerprint density at radius 3 is 2.83 bits per heavy atom. The molecule has 0 spiro atoms. The Morgan fingerprint density at radius 2 is 2.09 bits per heavy atom. The van der Waals surface area contributed by atoms with E-state index in [0.29, 0.717) is 22.3 Å². The molecule has 0 aliphatic rings. The van der Waals surface area contributed by atoms with Crippen LogP contribution in [0.1, 0.15) is 15.4 Å². The van der Waals surface area contributed by atoms with Gasteiger partial charge in [0.1, 0.15) is 0 Å². The van der Waals surface area contributed by atoms with E-state index in [0.717, 1.165) is 10.6 Å². The largest absolute Gasteiger partial charge is 0.396 e. The average molecular weight is 349 g/mol. The molecule has 118 valence electrons. The quantitative estimate of drug-likeness (QED) is 0.743. The predicted molar refractivity (Wildman–Crippen MR) is 89.4 cm³/mol. The molecule has 1 aromatic carbocycles. The second kappa shape index (κ2) is 6.91. The van der Waals surface area contributed by atoms with Crippen molar-refractivity contribution in [2.24, 2.45) is 0 Å². The Hall–Kier alpha value is -2.22. The molecule has 3 aromatic rings. The van der Waals surface area contributed by atoms with E-state index >= 15 is 0 Å². The number of carbonyl (C=O) groups is 1. The number of hydrogen-bond donors (Lipinski definition) is 2. The summed E-state index contributed by atoms with van der Waals surface area (Å²) in [6.07, 6.45) is 3.87. The fourth-order valence-electron chi connectivity index (χ4n) is 1.93. The highest BCUT2D eigenvalue weighted by Gasteiger charge is 2.12. The normalized spacial score (nSPS) is 10.7. The van der Waals surface area contributed by atoms with Gasteiger partial charge < -0.3 is 5.11 Å². The summed E-state index contributed by atoms with van der Waals surface area (Å²) in [4.78, 5) is 17.2. The van der Waals surface area contributed by atoms with Crippen molar-refractivity contribution < 1.29 is 9.90 Å². The number of halogens is 1. The number of aliphatic hydroxyl groups excluding tert-OH is 1. The third-order valence-electron chi connectivity index (χ3n) is 3.05. The Labute approximate surface area is 141 Å². The molecule has 0 aliphatic carbocycles. The van der Waals surface area contributed by atoms with Gasteiger partial charge in [0.25, 0.3) is 5.91 Å². The van der Waals surface area contributed by atoms with Crippen LogP contribution in [-0.2, 0) is 6.42 Å². The van der Waals surface area contributed by atoms with Crippen molar-refractivity contribution in [3.05, 3.63) is 58.3 Å². The molecule has 8 heteroatoms. The molecule has 0 saturated carbocycles. The first kappa shape index (κ1) is 15.7. The number of thiazole rings is 1. The lowest BCUT2D eigenvalue weighted by molar-refractivity contribution is 0.102. The highest BCUT2D eigenvalue weighted by atomic mass is 35.5. The van der Waals surface area contributed by atoms with Gasteiger partial charge in [0.2, 0.25) is 0 Å². The van der Waals surface area contributed by atoms with Crippen LogP contribution in [0.25, 0.3) is 5.69 Å². The summed E-state index contributed by atoms with van der Waals surface area (Å²) in [5.41, 5.74) is 1.10. The van der Waals surface area contributed by atoms with Crippen molar-refractivity contribution >= 4 is 34.0 Å². The molecule has 2 aromatic heterocycles. The standard InChI is InChI=1S/C15H13ClN4O2S/c16-10-1-3-11(4-2-10)20-7-5-13(19-20)14(22)18-15-17-9-12(23-15)6-8-21/h1-5,7,9,21H,6,8H2,(H,17,18,22). The highest BCUT2D eigenvalue weighted by Crippen LogP contribution is 2.19. The molecule has 3 rings (SSSR count). The highest BCUT2D eigenvalue weighted by molar-refractivity contribution is 7.15. The zero-order chi connectivity index (χ0) is 16.2. The first-order chi connectivity index (χ1) is 11.2. The van der Waals surface area contributed by atoms with E-state index in [1.165, 1.54) is 11.3 Å². The number of nitrogens with one attached hydrogen (secondary N) is 1. The van der Waals surface area contributed by atoms with Gasteiger partial charge in [0, 0.05) is 35.3 Å². The van der Waals surface area contributed by atoms with E-state index in [1.54, 1.807) is 35.3 Å². The van der Waals surface area contributed by atoms with Gasteiger partial charge in [-0.15, -0.1) is 11.3 Å². The molecule has 0 bridgehead atoms. The van der Waals surface area contributed by atoms with Crippen LogP contribution in [0.4, 0.5) is 5.13 Å². The molecule has 2 heterocycles. The maximum Gasteiger partial charge on any atom is 0.277 e. The first-order valence-electron chi connectivity index (χ1n) is 6.84. The summed E-state index contributed by atoms with van der Waals surface area (Å²) in [5, 5.41) is 17.0. The zero-order valence-electron chi connectivity index (χ0n) is 11.9. The van der Waals surface area contributed by atoms with Gasteiger partial charge in [0.05, 0.1) is 5.69 Å². The summed E-state index contributed by atoms with van der Waals surface area (Å²) in [7, 11) is 0. The van der Waals surface area contributed by atoms with Crippen LogP contribution in [0.5, 0.6) is 0 Å². The van der Waals surface area contributed by atoms with Crippen LogP contribution >= 0.6 is 22.9 Å². The molecular formula is C15H13ClN4O2S. The number of anilines is 1. The number of aromatic nitrogens is 3. The molecule has 23 heavy (non-hydrogen) atoms. The van der Waals surface area contributed by atoms with E-state index in [1.807, 2.05) is 12.1 Å². The molecule has 0 saturated heterocycles. The number of rotatable bonds is 5. The summed E-state index contributed by atoms with van der Waals surface area (Å²) < 4.78 is 1.60.